The molecule has 3 heterocycles. The van der Waals surface area contributed by atoms with E-state index < -0.39 is 0 Å². The van der Waals surface area contributed by atoms with Gasteiger partial charge in [-0.05, 0) is 37.1 Å². The highest BCUT2D eigenvalue weighted by Crippen LogP contribution is 2.31. The van der Waals surface area contributed by atoms with E-state index in [1.54, 1.807) is 15.8 Å². The van der Waals surface area contributed by atoms with Crippen molar-refractivity contribution in [1.82, 2.24) is 19.9 Å². The van der Waals surface area contributed by atoms with Gasteiger partial charge in [0, 0.05) is 37.3 Å². The Morgan fingerprint density at radius 3 is 2.73 bits per heavy atom. The third kappa shape index (κ3) is 2.89. The summed E-state index contributed by atoms with van der Waals surface area (Å²) < 4.78 is 7.22. The van der Waals surface area contributed by atoms with Gasteiger partial charge in [-0.3, -0.25) is 9.48 Å². The van der Waals surface area contributed by atoms with Crippen LogP contribution in [0.25, 0.3) is 11.6 Å². The molecule has 1 atom stereocenters. The second-order valence-corrected chi connectivity index (χ2v) is 6.42. The number of hydrogen-bond acceptors (Lipinski definition) is 5. The van der Waals surface area contributed by atoms with Crippen molar-refractivity contribution in [3.8, 4) is 11.6 Å². The van der Waals surface area contributed by atoms with E-state index in [0.29, 0.717) is 24.7 Å². The van der Waals surface area contributed by atoms with Gasteiger partial charge in [0.15, 0.2) is 5.82 Å². The number of aromatic nitrogens is 4. The Balaban J connectivity index is 1.53. The SMILES string of the molecule is CCc1ccc(N2CC(c3noc(-c4ccnn4CC)n3)CC2=O)cc1. The molecule has 4 rings (SSSR count). The zero-order valence-corrected chi connectivity index (χ0v) is 14.9. The molecule has 134 valence electrons. The number of hydrogen-bond donors (Lipinski definition) is 0. The second kappa shape index (κ2) is 6.74. The molecule has 1 aromatic carbocycles. The van der Waals surface area contributed by atoms with Crippen LogP contribution < -0.4 is 4.90 Å². The maximum Gasteiger partial charge on any atom is 0.276 e. The molecule has 1 aliphatic rings. The summed E-state index contributed by atoms with van der Waals surface area (Å²) in [7, 11) is 0. The van der Waals surface area contributed by atoms with Crippen LogP contribution in [-0.4, -0.2) is 32.4 Å². The predicted molar refractivity (Wildman–Crippen MR) is 96.7 cm³/mol. The van der Waals surface area contributed by atoms with Crippen LogP contribution in [0.3, 0.4) is 0 Å². The number of carbonyl (C=O) groups is 1. The maximum absolute atomic E-state index is 12.5. The zero-order chi connectivity index (χ0) is 18.1. The maximum atomic E-state index is 12.5. The third-order valence-electron chi connectivity index (χ3n) is 4.82. The number of carbonyl (C=O) groups excluding carboxylic acids is 1. The Kier molecular flexibility index (Phi) is 4.28. The molecule has 7 heteroatoms. The van der Waals surface area contributed by atoms with Crippen LogP contribution >= 0.6 is 0 Å². The molecule has 0 N–H and O–H groups in total. The number of rotatable bonds is 5. The Morgan fingerprint density at radius 2 is 2.00 bits per heavy atom. The van der Waals surface area contributed by atoms with Gasteiger partial charge in [-0.1, -0.05) is 24.2 Å². The fourth-order valence-electron chi connectivity index (χ4n) is 3.31. The van der Waals surface area contributed by atoms with E-state index in [0.717, 1.165) is 24.3 Å². The Morgan fingerprint density at radius 1 is 1.19 bits per heavy atom. The van der Waals surface area contributed by atoms with Gasteiger partial charge in [0.05, 0.1) is 0 Å². The molecule has 26 heavy (non-hydrogen) atoms. The molecule has 1 unspecified atom stereocenters. The molecule has 7 nitrogen and oxygen atoms in total. The summed E-state index contributed by atoms with van der Waals surface area (Å²) >= 11 is 0. The lowest BCUT2D eigenvalue weighted by Crippen LogP contribution is -2.24. The van der Waals surface area contributed by atoms with Crippen LogP contribution in [0.4, 0.5) is 5.69 Å². The van der Waals surface area contributed by atoms with Crippen molar-refractivity contribution in [1.29, 1.82) is 0 Å². The van der Waals surface area contributed by atoms with E-state index in [-0.39, 0.29) is 11.8 Å². The Hall–Kier alpha value is -2.96. The van der Waals surface area contributed by atoms with Crippen LogP contribution in [-0.2, 0) is 17.8 Å². The fourth-order valence-corrected chi connectivity index (χ4v) is 3.31. The van der Waals surface area contributed by atoms with E-state index in [1.165, 1.54) is 5.56 Å². The fraction of sp³-hybridized carbons (Fsp3) is 0.368. The number of amides is 1. The molecular formula is C19H21N5O2. The molecule has 0 saturated carbocycles. The lowest BCUT2D eigenvalue weighted by molar-refractivity contribution is -0.117. The predicted octanol–water partition coefficient (Wildman–Crippen LogP) is 3.04. The van der Waals surface area contributed by atoms with Crippen molar-refractivity contribution >= 4 is 11.6 Å². The molecule has 0 aliphatic carbocycles. The monoisotopic (exact) mass is 351 g/mol. The lowest BCUT2D eigenvalue weighted by Gasteiger charge is -2.16. The zero-order valence-electron chi connectivity index (χ0n) is 14.9. The summed E-state index contributed by atoms with van der Waals surface area (Å²) in [6, 6.07) is 9.98. The van der Waals surface area contributed by atoms with Crippen molar-refractivity contribution in [3.63, 3.8) is 0 Å². The molecule has 0 radical (unpaired) electrons. The third-order valence-corrected chi connectivity index (χ3v) is 4.82. The van der Waals surface area contributed by atoms with Gasteiger partial charge in [-0.15, -0.1) is 0 Å². The van der Waals surface area contributed by atoms with Crippen LogP contribution in [0, 0.1) is 0 Å². The average Bonchev–Trinajstić information content (AvgIpc) is 3.40. The summed E-state index contributed by atoms with van der Waals surface area (Å²) in [6.07, 6.45) is 3.09. The van der Waals surface area contributed by atoms with Gasteiger partial charge in [0.25, 0.3) is 5.89 Å². The van der Waals surface area contributed by atoms with Gasteiger partial charge in [0.1, 0.15) is 5.69 Å². The molecule has 1 saturated heterocycles. The molecule has 1 amide bonds. The topological polar surface area (TPSA) is 77.1 Å². The molecule has 3 aromatic rings. The van der Waals surface area contributed by atoms with Crippen LogP contribution in [0.5, 0.6) is 0 Å². The quantitative estimate of drug-likeness (QED) is 0.706. The highest BCUT2D eigenvalue weighted by atomic mass is 16.5. The van der Waals surface area contributed by atoms with Gasteiger partial charge < -0.3 is 9.42 Å². The molecule has 0 spiro atoms. The minimum absolute atomic E-state index is 0.0659. The molecular weight excluding hydrogens is 330 g/mol. The highest BCUT2D eigenvalue weighted by Gasteiger charge is 2.34. The summed E-state index contributed by atoms with van der Waals surface area (Å²) in [5.41, 5.74) is 2.97. The number of benzene rings is 1. The van der Waals surface area contributed by atoms with Crippen LogP contribution in [0.2, 0.25) is 0 Å². The lowest BCUT2D eigenvalue weighted by atomic mass is 10.1. The van der Waals surface area contributed by atoms with Crippen LogP contribution in [0.15, 0.2) is 41.1 Å². The molecule has 1 aliphatic heterocycles. The first-order valence-corrected chi connectivity index (χ1v) is 8.94. The highest BCUT2D eigenvalue weighted by molar-refractivity contribution is 5.96. The van der Waals surface area contributed by atoms with Crippen molar-refractivity contribution in [2.24, 2.45) is 0 Å². The summed E-state index contributed by atoms with van der Waals surface area (Å²) in [6.45, 7) is 5.41. The van der Waals surface area contributed by atoms with Gasteiger partial charge in [0.2, 0.25) is 5.91 Å². The van der Waals surface area contributed by atoms with Gasteiger partial charge in [-0.25, -0.2) is 0 Å². The Labute approximate surface area is 151 Å². The minimum Gasteiger partial charge on any atom is -0.332 e. The number of nitrogens with zero attached hydrogens (tertiary/aromatic N) is 5. The first-order valence-electron chi connectivity index (χ1n) is 8.94. The van der Waals surface area contributed by atoms with E-state index in [9.17, 15) is 4.79 Å². The van der Waals surface area contributed by atoms with Crippen LogP contribution in [0.1, 0.15) is 37.6 Å². The van der Waals surface area contributed by atoms with Crippen molar-refractivity contribution in [3.05, 3.63) is 47.9 Å². The van der Waals surface area contributed by atoms with Crippen molar-refractivity contribution < 1.29 is 9.32 Å². The summed E-state index contributed by atoms with van der Waals surface area (Å²) in [5.74, 6) is 1.04. The van der Waals surface area contributed by atoms with E-state index in [2.05, 4.69) is 34.3 Å². The van der Waals surface area contributed by atoms with Crippen molar-refractivity contribution in [2.75, 3.05) is 11.4 Å². The largest absolute Gasteiger partial charge is 0.332 e. The van der Waals surface area contributed by atoms with E-state index >= 15 is 0 Å². The molecule has 1 fully saturated rings. The van der Waals surface area contributed by atoms with E-state index in [1.807, 2.05) is 25.1 Å². The summed E-state index contributed by atoms with van der Waals surface area (Å²) in [4.78, 5) is 18.8. The first kappa shape index (κ1) is 16.5. The minimum atomic E-state index is -0.0659. The normalized spacial score (nSPS) is 17.2. The smallest absolute Gasteiger partial charge is 0.276 e. The number of aryl methyl sites for hydroxylation is 2. The second-order valence-electron chi connectivity index (χ2n) is 6.42. The Bertz CT molecular complexity index is 912. The standard InChI is InChI=1S/C19H21N5O2/c1-3-13-5-7-15(8-6-13)23-12-14(11-17(23)25)18-21-19(26-22-18)16-9-10-20-24(16)4-2/h5-10,14H,3-4,11-12H2,1-2H3. The first-order chi connectivity index (χ1) is 12.7. The van der Waals surface area contributed by atoms with Crippen molar-refractivity contribution in [2.45, 2.75) is 39.2 Å². The molecule has 2 aromatic heterocycles. The van der Waals surface area contributed by atoms with E-state index in [4.69, 9.17) is 4.52 Å². The summed E-state index contributed by atoms with van der Waals surface area (Å²) in [5, 5.41) is 8.34. The molecule has 0 bridgehead atoms. The van der Waals surface area contributed by atoms with Gasteiger partial charge in [-0.2, -0.15) is 10.1 Å². The number of anilines is 1. The average molecular weight is 351 g/mol. The van der Waals surface area contributed by atoms with Gasteiger partial charge >= 0.3 is 0 Å².